The number of carbonyl (C=O) groups excluding carboxylic acids is 2. The molecule has 0 amide bonds. The van der Waals surface area contributed by atoms with Crippen molar-refractivity contribution in [1.29, 1.82) is 0 Å². The van der Waals surface area contributed by atoms with Crippen molar-refractivity contribution in [3.05, 3.63) is 81.9 Å². The summed E-state index contributed by atoms with van der Waals surface area (Å²) < 4.78 is 5.08. The van der Waals surface area contributed by atoms with Crippen molar-refractivity contribution in [2.24, 2.45) is 0 Å². The molecule has 0 atom stereocenters. The first-order chi connectivity index (χ1) is 13.0. The lowest BCUT2D eigenvalue weighted by atomic mass is 10.0. The number of ketones is 1. The maximum Gasteiger partial charge on any atom is 0.340 e. The first-order valence-corrected chi connectivity index (χ1v) is 8.15. The highest BCUT2D eigenvalue weighted by atomic mass is 16.6. The number of benzene rings is 3. The summed E-state index contributed by atoms with van der Waals surface area (Å²) in [7, 11) is 1.58. The minimum atomic E-state index is -0.808. The van der Waals surface area contributed by atoms with Crippen molar-refractivity contribution in [3.63, 3.8) is 0 Å². The molecular weight excluding hydrogens is 348 g/mol. The van der Waals surface area contributed by atoms with E-state index in [0.717, 1.165) is 16.8 Å². The van der Waals surface area contributed by atoms with E-state index in [9.17, 15) is 19.7 Å². The van der Waals surface area contributed by atoms with Crippen LogP contribution in [0.15, 0.2) is 60.7 Å². The zero-order valence-electron chi connectivity index (χ0n) is 14.5. The maximum absolute atomic E-state index is 12.4. The third kappa shape index (κ3) is 3.92. The van der Waals surface area contributed by atoms with Gasteiger partial charge in [0, 0.05) is 30.4 Å². The monoisotopic (exact) mass is 364 g/mol. The number of ether oxygens (including phenoxy) is 1. The summed E-state index contributed by atoms with van der Waals surface area (Å²) in [4.78, 5) is 35.0. The zero-order valence-corrected chi connectivity index (χ0v) is 14.5. The first kappa shape index (κ1) is 18.1. The molecule has 27 heavy (non-hydrogen) atoms. The summed E-state index contributed by atoms with van der Waals surface area (Å²) in [6.45, 7) is -0.455. The molecule has 3 aromatic rings. The molecule has 0 fully saturated rings. The second kappa shape index (κ2) is 7.65. The Balaban J connectivity index is 1.75. The van der Waals surface area contributed by atoms with Crippen molar-refractivity contribution >= 4 is 33.9 Å². The Hall–Kier alpha value is -3.74. The van der Waals surface area contributed by atoms with Gasteiger partial charge in [-0.1, -0.05) is 36.4 Å². The van der Waals surface area contributed by atoms with Gasteiger partial charge in [0.2, 0.25) is 0 Å². The largest absolute Gasteiger partial charge is 0.454 e. The molecule has 0 aliphatic heterocycles. The lowest BCUT2D eigenvalue weighted by Crippen LogP contribution is -2.15. The molecule has 7 nitrogen and oxygen atoms in total. The number of nitro groups is 1. The number of hydrogen-bond acceptors (Lipinski definition) is 6. The van der Waals surface area contributed by atoms with Crippen molar-refractivity contribution in [2.45, 2.75) is 0 Å². The average Bonchev–Trinajstić information content (AvgIpc) is 2.70. The molecule has 1 N–H and O–H groups in total. The standard InChI is InChI=1S/C20H16N2O5/c1-21-18-9-8-16(22(25)26)11-17(18)20(24)27-12-19(23)15-7-6-13-4-2-3-5-14(13)10-15/h2-11,21H,12H2,1H3. The van der Waals surface area contributed by atoms with Crippen LogP contribution in [0.25, 0.3) is 10.8 Å². The number of fused-ring (bicyclic) bond motifs is 1. The Kier molecular flexibility index (Phi) is 5.12. The number of nitrogens with zero attached hydrogens (tertiary/aromatic N) is 1. The van der Waals surface area contributed by atoms with Gasteiger partial charge in [-0.05, 0) is 22.9 Å². The molecule has 7 heteroatoms. The van der Waals surface area contributed by atoms with Crippen LogP contribution in [0.2, 0.25) is 0 Å². The molecule has 0 aromatic heterocycles. The van der Waals surface area contributed by atoms with E-state index in [1.54, 1.807) is 19.2 Å². The van der Waals surface area contributed by atoms with Crippen LogP contribution >= 0.6 is 0 Å². The molecule has 0 bridgehead atoms. The average molecular weight is 364 g/mol. The van der Waals surface area contributed by atoms with Crippen LogP contribution in [0.1, 0.15) is 20.7 Å². The zero-order chi connectivity index (χ0) is 19.4. The van der Waals surface area contributed by atoms with Crippen LogP contribution in [-0.4, -0.2) is 30.3 Å². The number of hydrogen-bond donors (Lipinski definition) is 1. The number of carbonyl (C=O) groups is 2. The van der Waals surface area contributed by atoms with Crippen molar-refractivity contribution in [2.75, 3.05) is 19.0 Å². The summed E-state index contributed by atoms with van der Waals surface area (Å²) in [6.07, 6.45) is 0. The SMILES string of the molecule is CNc1ccc([N+](=O)[O-])cc1C(=O)OCC(=O)c1ccc2ccccc2c1. The second-order valence-electron chi connectivity index (χ2n) is 5.80. The van der Waals surface area contributed by atoms with Gasteiger partial charge in [0.15, 0.2) is 12.4 Å². The van der Waals surface area contributed by atoms with Gasteiger partial charge in [-0.25, -0.2) is 4.79 Å². The quantitative estimate of drug-likeness (QED) is 0.309. The van der Waals surface area contributed by atoms with Gasteiger partial charge in [-0.2, -0.15) is 0 Å². The van der Waals surface area contributed by atoms with E-state index in [4.69, 9.17) is 4.74 Å². The van der Waals surface area contributed by atoms with Crippen molar-refractivity contribution < 1.29 is 19.2 Å². The van der Waals surface area contributed by atoms with Crippen LogP contribution < -0.4 is 5.32 Å². The minimum absolute atomic E-state index is 0.00184. The van der Waals surface area contributed by atoms with E-state index < -0.39 is 17.5 Å². The van der Waals surface area contributed by atoms with Gasteiger partial charge in [-0.15, -0.1) is 0 Å². The maximum atomic E-state index is 12.4. The number of rotatable bonds is 6. The van der Waals surface area contributed by atoms with Crippen molar-refractivity contribution in [3.8, 4) is 0 Å². The highest BCUT2D eigenvalue weighted by molar-refractivity contribution is 6.03. The molecule has 0 radical (unpaired) electrons. The molecule has 3 aromatic carbocycles. The smallest absolute Gasteiger partial charge is 0.340 e. The molecule has 0 unspecified atom stereocenters. The molecule has 0 spiro atoms. The number of nitrogens with one attached hydrogen (secondary N) is 1. The Bertz CT molecular complexity index is 1050. The third-order valence-corrected chi connectivity index (χ3v) is 4.11. The molecule has 136 valence electrons. The van der Waals surface area contributed by atoms with Crippen LogP contribution in [0.4, 0.5) is 11.4 Å². The Morgan fingerprint density at radius 3 is 2.48 bits per heavy atom. The van der Waals surface area contributed by atoms with E-state index in [-0.39, 0.29) is 17.0 Å². The van der Waals surface area contributed by atoms with E-state index >= 15 is 0 Å². The van der Waals surface area contributed by atoms with Crippen LogP contribution in [-0.2, 0) is 4.74 Å². The van der Waals surface area contributed by atoms with E-state index in [1.165, 1.54) is 12.1 Å². The predicted octanol–water partition coefficient (Wildman–Crippen LogP) is 3.83. The van der Waals surface area contributed by atoms with Crippen molar-refractivity contribution in [1.82, 2.24) is 0 Å². The topological polar surface area (TPSA) is 98.5 Å². The summed E-state index contributed by atoms with van der Waals surface area (Å²) in [5.74, 6) is -1.16. The summed E-state index contributed by atoms with van der Waals surface area (Å²) in [6, 6.07) is 16.7. The first-order valence-electron chi connectivity index (χ1n) is 8.15. The molecule has 0 saturated carbocycles. The van der Waals surface area contributed by atoms with Gasteiger partial charge < -0.3 is 10.1 Å². The molecular formula is C20H16N2O5. The highest BCUT2D eigenvalue weighted by Gasteiger charge is 2.19. The Morgan fingerprint density at radius 2 is 1.78 bits per heavy atom. The second-order valence-corrected chi connectivity index (χ2v) is 5.80. The number of anilines is 1. The van der Waals surface area contributed by atoms with E-state index in [0.29, 0.717) is 11.3 Å². The Morgan fingerprint density at radius 1 is 1.04 bits per heavy atom. The third-order valence-electron chi connectivity index (χ3n) is 4.11. The molecule has 0 heterocycles. The van der Waals surface area contributed by atoms with Crippen LogP contribution in [0.3, 0.4) is 0 Å². The lowest BCUT2D eigenvalue weighted by Gasteiger charge is -2.09. The molecule has 0 saturated heterocycles. The molecule has 0 aliphatic rings. The number of Topliss-reactive ketones (excluding diaryl/α,β-unsaturated/α-hetero) is 1. The van der Waals surface area contributed by atoms with Gasteiger partial charge >= 0.3 is 5.97 Å². The van der Waals surface area contributed by atoms with Gasteiger partial charge in [0.05, 0.1) is 10.5 Å². The minimum Gasteiger partial charge on any atom is -0.454 e. The lowest BCUT2D eigenvalue weighted by molar-refractivity contribution is -0.384. The number of esters is 1. The predicted molar refractivity (Wildman–Crippen MR) is 101 cm³/mol. The van der Waals surface area contributed by atoms with E-state index in [1.807, 2.05) is 30.3 Å². The fourth-order valence-corrected chi connectivity index (χ4v) is 2.69. The summed E-state index contributed by atoms with van der Waals surface area (Å²) in [5.41, 5.74) is 0.568. The summed E-state index contributed by atoms with van der Waals surface area (Å²) in [5, 5.41) is 15.6. The fraction of sp³-hybridized carbons (Fsp3) is 0.100. The van der Waals surface area contributed by atoms with Crippen LogP contribution in [0.5, 0.6) is 0 Å². The molecule has 3 rings (SSSR count). The van der Waals surface area contributed by atoms with E-state index in [2.05, 4.69) is 5.32 Å². The van der Waals surface area contributed by atoms with Crippen LogP contribution in [0, 0.1) is 10.1 Å². The highest BCUT2D eigenvalue weighted by Crippen LogP contribution is 2.23. The molecule has 0 aliphatic carbocycles. The normalized spacial score (nSPS) is 10.4. The van der Waals surface area contributed by atoms with Gasteiger partial charge in [0.25, 0.3) is 5.69 Å². The van der Waals surface area contributed by atoms with Gasteiger partial charge in [0.1, 0.15) is 0 Å². The number of non-ortho nitro benzene ring substituents is 1. The Labute approximate surface area is 154 Å². The fourth-order valence-electron chi connectivity index (χ4n) is 2.69. The summed E-state index contributed by atoms with van der Waals surface area (Å²) >= 11 is 0. The van der Waals surface area contributed by atoms with Gasteiger partial charge in [-0.3, -0.25) is 14.9 Å². The number of nitro benzene ring substituents is 1.